The standard InChI is InChI=1S/C25H33O3P/c26-29(23-15-7-5-8-16-23,24-17-9-6-10-18-24)22-14-4-2-1-3-12-20-27-25-19-11-13-21-28-25/h1-2,5-10,15-18,25H,3-4,11-14,19-22H2. The van der Waals surface area contributed by atoms with Crippen molar-refractivity contribution in [2.75, 3.05) is 19.4 Å². The van der Waals surface area contributed by atoms with Gasteiger partial charge in [-0.2, -0.15) is 0 Å². The normalized spacial score (nSPS) is 17.6. The summed E-state index contributed by atoms with van der Waals surface area (Å²) in [4.78, 5) is 0. The van der Waals surface area contributed by atoms with Crippen LogP contribution in [0.4, 0.5) is 0 Å². The van der Waals surface area contributed by atoms with Crippen molar-refractivity contribution in [2.45, 2.75) is 51.2 Å². The lowest BCUT2D eigenvalue weighted by Gasteiger charge is -2.22. The van der Waals surface area contributed by atoms with Crippen LogP contribution in [0.5, 0.6) is 0 Å². The van der Waals surface area contributed by atoms with E-state index < -0.39 is 7.14 Å². The molecule has 0 radical (unpaired) electrons. The number of allylic oxidation sites excluding steroid dienone is 2. The molecule has 0 aliphatic carbocycles. The monoisotopic (exact) mass is 412 g/mol. The number of hydrogen-bond donors (Lipinski definition) is 0. The first-order valence-corrected chi connectivity index (χ1v) is 12.8. The van der Waals surface area contributed by atoms with Gasteiger partial charge in [-0.3, -0.25) is 0 Å². The van der Waals surface area contributed by atoms with Gasteiger partial charge in [0.15, 0.2) is 6.29 Å². The molecular weight excluding hydrogens is 379 g/mol. The van der Waals surface area contributed by atoms with Gasteiger partial charge in [-0.25, -0.2) is 0 Å². The number of hydrogen-bond acceptors (Lipinski definition) is 3. The fraction of sp³-hybridized carbons (Fsp3) is 0.440. The molecule has 1 aliphatic rings. The lowest BCUT2D eigenvalue weighted by molar-refractivity contribution is -0.162. The molecule has 2 aromatic carbocycles. The van der Waals surface area contributed by atoms with E-state index in [-0.39, 0.29) is 6.29 Å². The zero-order valence-corrected chi connectivity index (χ0v) is 18.1. The molecule has 4 heteroatoms. The molecule has 1 atom stereocenters. The molecule has 1 saturated heterocycles. The summed E-state index contributed by atoms with van der Waals surface area (Å²) < 4.78 is 25.2. The van der Waals surface area contributed by atoms with Crippen LogP contribution >= 0.6 is 7.14 Å². The van der Waals surface area contributed by atoms with Gasteiger partial charge in [0.05, 0.1) is 6.61 Å². The van der Waals surface area contributed by atoms with Crippen molar-refractivity contribution in [3.8, 4) is 0 Å². The van der Waals surface area contributed by atoms with Crippen molar-refractivity contribution < 1.29 is 14.0 Å². The highest BCUT2D eigenvalue weighted by atomic mass is 31.2. The van der Waals surface area contributed by atoms with E-state index in [0.29, 0.717) is 6.16 Å². The Hall–Kier alpha value is -1.67. The van der Waals surface area contributed by atoms with Gasteiger partial charge >= 0.3 is 0 Å². The first-order valence-electron chi connectivity index (χ1n) is 10.9. The lowest BCUT2D eigenvalue weighted by atomic mass is 10.2. The molecule has 0 bridgehead atoms. The summed E-state index contributed by atoms with van der Waals surface area (Å²) in [6, 6.07) is 19.9. The van der Waals surface area contributed by atoms with Gasteiger partial charge in [0, 0.05) is 23.4 Å². The van der Waals surface area contributed by atoms with Crippen molar-refractivity contribution in [2.24, 2.45) is 0 Å². The maximum Gasteiger partial charge on any atom is 0.157 e. The molecular formula is C25H33O3P. The number of rotatable bonds is 11. The average molecular weight is 413 g/mol. The van der Waals surface area contributed by atoms with Gasteiger partial charge in [0.2, 0.25) is 0 Å². The Labute approximate surface area is 175 Å². The van der Waals surface area contributed by atoms with Gasteiger partial charge in [0.1, 0.15) is 7.14 Å². The summed E-state index contributed by atoms with van der Waals surface area (Å²) in [5.74, 6) is 0. The SMILES string of the molecule is O=P(CCCC=CCCCOC1CCCCO1)(c1ccccc1)c1ccccc1. The van der Waals surface area contributed by atoms with Crippen LogP contribution in [-0.4, -0.2) is 25.7 Å². The fourth-order valence-electron chi connectivity index (χ4n) is 3.67. The maximum absolute atomic E-state index is 13.9. The predicted molar refractivity (Wildman–Crippen MR) is 122 cm³/mol. The molecule has 0 N–H and O–H groups in total. The summed E-state index contributed by atoms with van der Waals surface area (Å²) in [5.41, 5.74) is 0. The van der Waals surface area contributed by atoms with E-state index in [1.54, 1.807) is 0 Å². The molecule has 0 saturated carbocycles. The molecule has 1 aliphatic heterocycles. The number of unbranched alkanes of at least 4 members (excludes halogenated alkanes) is 2. The summed E-state index contributed by atoms with van der Waals surface area (Å²) in [5, 5.41) is 1.91. The summed E-state index contributed by atoms with van der Waals surface area (Å²) >= 11 is 0. The third-order valence-corrected chi connectivity index (χ3v) is 8.52. The van der Waals surface area contributed by atoms with Crippen LogP contribution in [0.2, 0.25) is 0 Å². The molecule has 1 heterocycles. The summed E-state index contributed by atoms with van der Waals surface area (Å²) in [6.45, 7) is 1.59. The second kappa shape index (κ2) is 12.1. The van der Waals surface area contributed by atoms with Crippen molar-refractivity contribution in [3.63, 3.8) is 0 Å². The van der Waals surface area contributed by atoms with E-state index in [9.17, 15) is 4.57 Å². The first kappa shape index (κ1) is 22.0. The van der Waals surface area contributed by atoms with Crippen molar-refractivity contribution in [1.82, 2.24) is 0 Å². The summed E-state index contributed by atoms with van der Waals surface area (Å²) in [7, 11) is -2.57. The number of benzene rings is 2. The number of ether oxygens (including phenoxy) is 2. The minimum atomic E-state index is -2.57. The van der Waals surface area contributed by atoms with Gasteiger partial charge in [-0.15, -0.1) is 0 Å². The Bertz CT molecular complexity index is 724. The molecule has 3 nitrogen and oxygen atoms in total. The molecule has 2 aromatic rings. The Morgan fingerprint density at radius 1 is 0.897 bits per heavy atom. The van der Waals surface area contributed by atoms with Crippen LogP contribution in [-0.2, 0) is 14.0 Å². The third-order valence-electron chi connectivity index (χ3n) is 5.31. The van der Waals surface area contributed by atoms with Gasteiger partial charge < -0.3 is 14.0 Å². The predicted octanol–water partition coefficient (Wildman–Crippen LogP) is 5.66. The van der Waals surface area contributed by atoms with Crippen molar-refractivity contribution >= 4 is 17.8 Å². The topological polar surface area (TPSA) is 35.5 Å². The second-order valence-electron chi connectivity index (χ2n) is 7.56. The Morgan fingerprint density at radius 2 is 1.52 bits per heavy atom. The quantitative estimate of drug-likeness (QED) is 0.271. The van der Waals surface area contributed by atoms with Gasteiger partial charge in [-0.1, -0.05) is 72.8 Å². The Kier molecular flexibility index (Phi) is 9.21. The van der Waals surface area contributed by atoms with Crippen molar-refractivity contribution in [1.29, 1.82) is 0 Å². The van der Waals surface area contributed by atoms with E-state index in [1.165, 1.54) is 6.42 Å². The van der Waals surface area contributed by atoms with Crippen molar-refractivity contribution in [3.05, 3.63) is 72.8 Å². The van der Waals surface area contributed by atoms with E-state index in [1.807, 2.05) is 60.7 Å². The minimum Gasteiger partial charge on any atom is -0.353 e. The van der Waals surface area contributed by atoms with E-state index in [0.717, 1.165) is 62.3 Å². The lowest BCUT2D eigenvalue weighted by Crippen LogP contribution is -2.22. The average Bonchev–Trinajstić information content (AvgIpc) is 2.79. The highest BCUT2D eigenvalue weighted by Gasteiger charge is 2.26. The third kappa shape index (κ3) is 6.96. The van der Waals surface area contributed by atoms with E-state index in [4.69, 9.17) is 9.47 Å². The largest absolute Gasteiger partial charge is 0.353 e. The molecule has 0 aromatic heterocycles. The van der Waals surface area contributed by atoms with Crippen LogP contribution in [0.1, 0.15) is 44.9 Å². The van der Waals surface area contributed by atoms with Crippen LogP contribution in [0.25, 0.3) is 0 Å². The molecule has 29 heavy (non-hydrogen) atoms. The van der Waals surface area contributed by atoms with Crippen LogP contribution in [0, 0.1) is 0 Å². The van der Waals surface area contributed by atoms with Crippen LogP contribution < -0.4 is 10.6 Å². The zero-order chi connectivity index (χ0) is 20.2. The molecule has 156 valence electrons. The summed E-state index contributed by atoms with van der Waals surface area (Å²) in [6.07, 6.45) is 12.5. The molecule has 0 spiro atoms. The van der Waals surface area contributed by atoms with E-state index in [2.05, 4.69) is 12.2 Å². The van der Waals surface area contributed by atoms with Crippen LogP contribution in [0.3, 0.4) is 0 Å². The van der Waals surface area contributed by atoms with Gasteiger partial charge in [0.25, 0.3) is 0 Å². The van der Waals surface area contributed by atoms with E-state index >= 15 is 0 Å². The molecule has 1 unspecified atom stereocenters. The highest BCUT2D eigenvalue weighted by molar-refractivity contribution is 7.78. The molecule has 1 fully saturated rings. The van der Waals surface area contributed by atoms with Crippen LogP contribution in [0.15, 0.2) is 72.8 Å². The second-order valence-corrected chi connectivity index (χ2v) is 10.5. The zero-order valence-electron chi connectivity index (χ0n) is 17.2. The smallest absolute Gasteiger partial charge is 0.157 e. The Balaban J connectivity index is 1.41. The van der Waals surface area contributed by atoms with Gasteiger partial charge in [-0.05, 0) is 44.9 Å². The highest BCUT2D eigenvalue weighted by Crippen LogP contribution is 2.44. The fourth-order valence-corrected chi connectivity index (χ4v) is 6.42. The first-order chi connectivity index (χ1) is 14.3. The molecule has 0 amide bonds. The molecule has 3 rings (SSSR count). The Morgan fingerprint density at radius 3 is 2.10 bits per heavy atom. The minimum absolute atomic E-state index is 0.0119. The maximum atomic E-state index is 13.9.